The summed E-state index contributed by atoms with van der Waals surface area (Å²) in [4.78, 5) is 45.7. The number of unbranched alkanes of at least 4 members (excludes halogenated alkanes) is 11. The lowest BCUT2D eigenvalue weighted by Gasteiger charge is -2.06. The van der Waals surface area contributed by atoms with Crippen LogP contribution < -0.4 is 0 Å². The molecule has 0 saturated carbocycles. The van der Waals surface area contributed by atoms with Crippen LogP contribution in [0.5, 0.6) is 0 Å². The molecule has 0 atom stereocenters. The molecule has 0 fully saturated rings. The predicted octanol–water partition coefficient (Wildman–Crippen LogP) is 7.61. The number of hydrogen-bond donors (Lipinski definition) is 0. The van der Waals surface area contributed by atoms with E-state index in [4.69, 9.17) is 9.47 Å². The van der Waals surface area contributed by atoms with E-state index in [0.717, 1.165) is 25.7 Å². The van der Waals surface area contributed by atoms with Crippen LogP contribution in [0, 0.1) is 0 Å². The van der Waals surface area contributed by atoms with E-state index in [1.807, 2.05) is 0 Å². The summed E-state index contributed by atoms with van der Waals surface area (Å²) in [6, 6.07) is 6.33. The number of esters is 4. The molecule has 0 amide bonds. The van der Waals surface area contributed by atoms with Gasteiger partial charge in [0.2, 0.25) is 0 Å². The van der Waals surface area contributed by atoms with Crippen LogP contribution in [0.15, 0.2) is 24.3 Å². The maximum atomic E-state index is 11.6. The van der Waals surface area contributed by atoms with Crippen molar-refractivity contribution in [3.8, 4) is 0 Å². The average molecular weight is 565 g/mol. The van der Waals surface area contributed by atoms with Crippen molar-refractivity contribution >= 4 is 23.9 Å². The minimum atomic E-state index is -0.550. The largest absolute Gasteiger partial charge is 0.466 e. The van der Waals surface area contributed by atoms with Gasteiger partial charge < -0.3 is 18.9 Å². The number of carbonyl (C=O) groups is 4. The van der Waals surface area contributed by atoms with Crippen LogP contribution in [-0.4, -0.2) is 51.3 Å². The lowest BCUT2D eigenvalue weighted by atomic mass is 10.1. The molecule has 0 aliphatic rings. The van der Waals surface area contributed by atoms with Crippen molar-refractivity contribution in [2.75, 3.05) is 27.4 Å². The zero-order valence-electron chi connectivity index (χ0n) is 25.3. The van der Waals surface area contributed by atoms with Gasteiger partial charge in [-0.1, -0.05) is 90.2 Å². The first kappa shape index (κ1) is 37.1. The number of hydrogen-bond acceptors (Lipinski definition) is 8. The topological polar surface area (TPSA) is 105 Å². The summed E-state index contributed by atoms with van der Waals surface area (Å²) < 4.78 is 19.5. The standard InChI is InChI=1S/C22H42O4.C10H10O4/c1-3-5-7-9-11-15-19-25-21(23)17-13-14-18-22(24)26-20-16-12-10-8-6-4-2;1-13-9(11)7-5-3-4-6-8(7)10(12)14-2/h3-20H2,1-2H3;3-6H,1-2H3. The Labute approximate surface area is 241 Å². The second kappa shape index (κ2) is 26.3. The summed E-state index contributed by atoms with van der Waals surface area (Å²) in [7, 11) is 2.52. The maximum Gasteiger partial charge on any atom is 0.338 e. The van der Waals surface area contributed by atoms with Crippen LogP contribution in [0.4, 0.5) is 0 Å². The van der Waals surface area contributed by atoms with E-state index in [1.54, 1.807) is 12.1 Å². The Hall–Kier alpha value is -2.90. The van der Waals surface area contributed by atoms with Gasteiger partial charge in [-0.05, 0) is 37.8 Å². The third-order valence-electron chi connectivity index (χ3n) is 6.27. The molecule has 0 saturated heterocycles. The zero-order valence-corrected chi connectivity index (χ0v) is 25.3. The smallest absolute Gasteiger partial charge is 0.338 e. The fourth-order valence-electron chi connectivity index (χ4n) is 3.88. The van der Waals surface area contributed by atoms with Crippen LogP contribution in [0.3, 0.4) is 0 Å². The molecule has 0 unspecified atom stereocenters. The van der Waals surface area contributed by atoms with E-state index in [-0.39, 0.29) is 23.1 Å². The monoisotopic (exact) mass is 564 g/mol. The Morgan fingerprint density at radius 2 is 0.875 bits per heavy atom. The van der Waals surface area contributed by atoms with Crippen LogP contribution in [0.25, 0.3) is 0 Å². The highest BCUT2D eigenvalue weighted by Gasteiger charge is 2.16. The molecule has 228 valence electrons. The molecule has 0 bridgehead atoms. The van der Waals surface area contributed by atoms with E-state index in [1.165, 1.54) is 77.7 Å². The molecule has 1 aromatic carbocycles. The van der Waals surface area contributed by atoms with E-state index < -0.39 is 11.9 Å². The first-order valence-electron chi connectivity index (χ1n) is 15.0. The summed E-state index contributed by atoms with van der Waals surface area (Å²) in [5.41, 5.74) is 0.420. The predicted molar refractivity (Wildman–Crippen MR) is 156 cm³/mol. The molecule has 0 aliphatic heterocycles. The minimum absolute atomic E-state index is 0.140. The van der Waals surface area contributed by atoms with Gasteiger partial charge >= 0.3 is 23.9 Å². The summed E-state index contributed by atoms with van der Waals surface area (Å²) in [6.45, 7) is 5.48. The molecular formula is C32H52O8. The summed E-state index contributed by atoms with van der Waals surface area (Å²) in [6.07, 6.45) is 16.5. The van der Waals surface area contributed by atoms with Gasteiger partial charge in [-0.15, -0.1) is 0 Å². The number of rotatable bonds is 21. The Balaban J connectivity index is 0.000000906. The molecule has 0 aliphatic carbocycles. The van der Waals surface area contributed by atoms with Gasteiger partial charge in [-0.2, -0.15) is 0 Å². The van der Waals surface area contributed by atoms with Gasteiger partial charge in [0, 0.05) is 12.8 Å². The highest BCUT2D eigenvalue weighted by molar-refractivity contribution is 6.03. The molecule has 1 aromatic rings. The van der Waals surface area contributed by atoms with Gasteiger partial charge in [-0.3, -0.25) is 9.59 Å². The lowest BCUT2D eigenvalue weighted by Crippen LogP contribution is -2.11. The lowest BCUT2D eigenvalue weighted by molar-refractivity contribution is -0.146. The molecule has 40 heavy (non-hydrogen) atoms. The number of ether oxygens (including phenoxy) is 4. The van der Waals surface area contributed by atoms with E-state index in [2.05, 4.69) is 23.3 Å². The number of benzene rings is 1. The van der Waals surface area contributed by atoms with Gasteiger partial charge in [0.05, 0.1) is 38.6 Å². The highest BCUT2D eigenvalue weighted by Crippen LogP contribution is 2.11. The van der Waals surface area contributed by atoms with E-state index in [0.29, 0.717) is 38.9 Å². The van der Waals surface area contributed by atoms with E-state index in [9.17, 15) is 19.2 Å². The zero-order chi connectivity index (χ0) is 29.8. The molecule has 1 rings (SSSR count). The van der Waals surface area contributed by atoms with Crippen LogP contribution in [0.1, 0.15) is 137 Å². The Morgan fingerprint density at radius 1 is 0.525 bits per heavy atom. The van der Waals surface area contributed by atoms with E-state index >= 15 is 0 Å². The van der Waals surface area contributed by atoms with Crippen molar-refractivity contribution in [1.29, 1.82) is 0 Å². The second-order valence-electron chi connectivity index (χ2n) is 9.71. The van der Waals surface area contributed by atoms with Crippen molar-refractivity contribution in [1.82, 2.24) is 0 Å². The molecule has 0 aromatic heterocycles. The summed E-state index contributed by atoms with van der Waals surface area (Å²) in [5, 5.41) is 0. The van der Waals surface area contributed by atoms with Crippen LogP contribution in [-0.2, 0) is 28.5 Å². The average Bonchev–Trinajstić information content (AvgIpc) is 2.98. The van der Waals surface area contributed by atoms with Crippen molar-refractivity contribution in [3.63, 3.8) is 0 Å². The van der Waals surface area contributed by atoms with Crippen molar-refractivity contribution in [3.05, 3.63) is 35.4 Å². The molecule has 0 spiro atoms. The third kappa shape index (κ3) is 20.1. The van der Waals surface area contributed by atoms with Gasteiger partial charge in [0.1, 0.15) is 0 Å². The van der Waals surface area contributed by atoms with Crippen molar-refractivity contribution in [2.24, 2.45) is 0 Å². The highest BCUT2D eigenvalue weighted by atomic mass is 16.5. The molecule has 0 heterocycles. The first-order chi connectivity index (χ1) is 19.4. The fourth-order valence-corrected chi connectivity index (χ4v) is 3.88. The third-order valence-corrected chi connectivity index (χ3v) is 6.27. The molecular weight excluding hydrogens is 512 g/mol. The number of methoxy groups -OCH3 is 2. The minimum Gasteiger partial charge on any atom is -0.466 e. The molecule has 0 N–H and O–H groups in total. The first-order valence-corrected chi connectivity index (χ1v) is 15.0. The number of carbonyl (C=O) groups excluding carboxylic acids is 4. The van der Waals surface area contributed by atoms with Crippen LogP contribution in [0.2, 0.25) is 0 Å². The quantitative estimate of drug-likeness (QED) is 0.0853. The summed E-state index contributed by atoms with van der Waals surface area (Å²) >= 11 is 0. The molecule has 0 radical (unpaired) electrons. The Morgan fingerprint density at radius 3 is 1.23 bits per heavy atom. The van der Waals surface area contributed by atoms with Gasteiger partial charge in [0.25, 0.3) is 0 Å². The van der Waals surface area contributed by atoms with Gasteiger partial charge in [-0.25, -0.2) is 9.59 Å². The molecule has 8 nitrogen and oxygen atoms in total. The Bertz CT molecular complexity index is 754. The molecule has 8 heteroatoms. The van der Waals surface area contributed by atoms with Gasteiger partial charge in [0.15, 0.2) is 0 Å². The summed E-state index contributed by atoms with van der Waals surface area (Å²) in [5.74, 6) is -1.38. The fraction of sp³-hybridized carbons (Fsp3) is 0.688. The van der Waals surface area contributed by atoms with Crippen molar-refractivity contribution < 1.29 is 38.1 Å². The maximum absolute atomic E-state index is 11.6. The normalized spacial score (nSPS) is 10.2. The Kier molecular flexibility index (Phi) is 24.4. The van der Waals surface area contributed by atoms with Crippen molar-refractivity contribution in [2.45, 2.75) is 117 Å². The second-order valence-corrected chi connectivity index (χ2v) is 9.71. The SMILES string of the molecule is CCCCCCCCOC(=O)CCCCC(=O)OCCCCCCCC.COC(=O)c1ccccc1C(=O)OC. The van der Waals surface area contributed by atoms with Crippen LogP contribution >= 0.6 is 0 Å².